The van der Waals surface area contributed by atoms with Crippen molar-refractivity contribution in [1.29, 1.82) is 0 Å². The van der Waals surface area contributed by atoms with Crippen LogP contribution in [0.5, 0.6) is 0 Å². The molecule has 25 heavy (non-hydrogen) atoms. The first-order chi connectivity index (χ1) is 12.1. The molecular formula is C22H15F3. The zero-order valence-corrected chi connectivity index (χ0v) is 13.6. The van der Waals surface area contributed by atoms with Crippen molar-refractivity contribution in [3.05, 3.63) is 94.8 Å². The Labute approximate surface area is 144 Å². The SMILES string of the molecule is CC=CCc1ccc(C#Cc2ccc3c(F)c(F)c(F)cc3c2)cc1. The standard InChI is InChI=1S/C22H15F3/c1-2-3-4-15-5-7-16(8-6-15)9-10-17-11-12-19-18(13-17)14-20(23)22(25)21(19)24/h2-3,5-8,11-14H,4H2,1H3. The Morgan fingerprint density at radius 3 is 2.24 bits per heavy atom. The van der Waals surface area contributed by atoms with E-state index in [0.29, 0.717) is 5.56 Å². The van der Waals surface area contributed by atoms with Crippen molar-refractivity contribution < 1.29 is 13.2 Å². The fourth-order valence-electron chi connectivity index (χ4n) is 2.51. The van der Waals surface area contributed by atoms with Crippen LogP contribution >= 0.6 is 0 Å². The highest BCUT2D eigenvalue weighted by molar-refractivity contribution is 5.84. The maximum absolute atomic E-state index is 13.7. The number of hydrogen-bond acceptors (Lipinski definition) is 0. The van der Waals surface area contributed by atoms with Crippen LogP contribution in [0.4, 0.5) is 13.2 Å². The van der Waals surface area contributed by atoms with E-state index in [1.54, 1.807) is 12.1 Å². The summed E-state index contributed by atoms with van der Waals surface area (Å²) in [6.45, 7) is 1.98. The lowest BCUT2D eigenvalue weighted by Gasteiger charge is -2.02. The third kappa shape index (κ3) is 3.75. The largest absolute Gasteiger partial charge is 0.204 e. The number of allylic oxidation sites excluding steroid dienone is 2. The van der Waals surface area contributed by atoms with Crippen molar-refractivity contribution in [2.24, 2.45) is 0 Å². The first kappa shape index (κ1) is 16.9. The molecule has 124 valence electrons. The lowest BCUT2D eigenvalue weighted by molar-refractivity contribution is 0.453. The van der Waals surface area contributed by atoms with Crippen LogP contribution in [0.25, 0.3) is 10.8 Å². The van der Waals surface area contributed by atoms with Crippen LogP contribution in [0, 0.1) is 29.3 Å². The van der Waals surface area contributed by atoms with Crippen molar-refractivity contribution in [2.75, 3.05) is 0 Å². The minimum atomic E-state index is -1.45. The smallest absolute Gasteiger partial charge is 0.195 e. The van der Waals surface area contributed by atoms with Crippen molar-refractivity contribution in [2.45, 2.75) is 13.3 Å². The number of rotatable bonds is 2. The van der Waals surface area contributed by atoms with Gasteiger partial charge in [-0.15, -0.1) is 0 Å². The van der Waals surface area contributed by atoms with Crippen LogP contribution < -0.4 is 0 Å². The first-order valence-electron chi connectivity index (χ1n) is 7.88. The van der Waals surface area contributed by atoms with E-state index in [2.05, 4.69) is 17.9 Å². The molecule has 0 aliphatic carbocycles. The highest BCUT2D eigenvalue weighted by atomic mass is 19.2. The minimum Gasteiger partial charge on any atom is -0.204 e. The van der Waals surface area contributed by atoms with Crippen molar-refractivity contribution in [3.63, 3.8) is 0 Å². The van der Waals surface area contributed by atoms with Crippen molar-refractivity contribution >= 4 is 10.8 Å². The first-order valence-corrected chi connectivity index (χ1v) is 7.88. The van der Waals surface area contributed by atoms with E-state index >= 15 is 0 Å². The molecule has 0 heterocycles. The molecule has 0 N–H and O–H groups in total. The fourth-order valence-corrected chi connectivity index (χ4v) is 2.51. The van der Waals surface area contributed by atoms with Crippen LogP contribution in [0.15, 0.2) is 60.7 Å². The summed E-state index contributed by atoms with van der Waals surface area (Å²) < 4.78 is 40.3. The third-order valence-electron chi connectivity index (χ3n) is 3.87. The van der Waals surface area contributed by atoms with Gasteiger partial charge in [0.05, 0.1) is 0 Å². The maximum atomic E-state index is 13.7. The molecule has 0 radical (unpaired) electrons. The van der Waals surface area contributed by atoms with Gasteiger partial charge in [-0.3, -0.25) is 0 Å². The Kier molecular flexibility index (Phi) is 4.90. The Morgan fingerprint density at radius 1 is 0.840 bits per heavy atom. The summed E-state index contributed by atoms with van der Waals surface area (Å²) >= 11 is 0. The average molecular weight is 336 g/mol. The lowest BCUT2D eigenvalue weighted by atomic mass is 10.1. The molecular weight excluding hydrogens is 321 g/mol. The molecule has 0 unspecified atom stereocenters. The summed E-state index contributed by atoms with van der Waals surface area (Å²) in [6, 6.07) is 13.4. The Bertz CT molecular complexity index is 1000. The van der Waals surface area contributed by atoms with Crippen LogP contribution in [0.1, 0.15) is 23.6 Å². The molecule has 0 atom stereocenters. The molecule has 0 saturated carbocycles. The normalized spacial score (nSPS) is 10.9. The quantitative estimate of drug-likeness (QED) is 0.316. The van der Waals surface area contributed by atoms with E-state index in [0.717, 1.165) is 18.1 Å². The van der Waals surface area contributed by atoms with E-state index < -0.39 is 17.5 Å². The van der Waals surface area contributed by atoms with Gasteiger partial charge < -0.3 is 0 Å². The van der Waals surface area contributed by atoms with Gasteiger partial charge in [0.1, 0.15) is 0 Å². The maximum Gasteiger partial charge on any atom is 0.195 e. The Balaban J connectivity index is 1.89. The van der Waals surface area contributed by atoms with Crippen LogP contribution in [-0.4, -0.2) is 0 Å². The van der Waals surface area contributed by atoms with Crippen LogP contribution in [-0.2, 0) is 6.42 Å². The summed E-state index contributed by atoms with van der Waals surface area (Å²) in [4.78, 5) is 0. The van der Waals surface area contributed by atoms with Gasteiger partial charge in [-0.05, 0) is 54.6 Å². The number of hydrogen-bond donors (Lipinski definition) is 0. The summed E-state index contributed by atoms with van der Waals surface area (Å²) in [7, 11) is 0. The number of halogens is 3. The molecule has 0 aromatic heterocycles. The Hall–Kier alpha value is -2.99. The molecule has 0 nitrogen and oxygen atoms in total. The molecule has 3 aromatic carbocycles. The van der Waals surface area contributed by atoms with Gasteiger partial charge in [-0.25, -0.2) is 13.2 Å². The van der Waals surface area contributed by atoms with Crippen molar-refractivity contribution in [1.82, 2.24) is 0 Å². The molecule has 3 aromatic rings. The van der Waals surface area contributed by atoms with Gasteiger partial charge in [0, 0.05) is 16.5 Å². The second-order valence-corrected chi connectivity index (χ2v) is 5.64. The second-order valence-electron chi connectivity index (χ2n) is 5.64. The zero-order chi connectivity index (χ0) is 17.8. The van der Waals surface area contributed by atoms with E-state index in [9.17, 15) is 13.2 Å². The topological polar surface area (TPSA) is 0 Å². The third-order valence-corrected chi connectivity index (χ3v) is 3.87. The predicted octanol–water partition coefficient (Wildman–Crippen LogP) is 5.78. The molecule has 0 bridgehead atoms. The summed E-state index contributed by atoms with van der Waals surface area (Å²) in [5.74, 6) is 2.16. The van der Waals surface area contributed by atoms with E-state index in [-0.39, 0.29) is 10.8 Å². The molecule has 3 heteroatoms. The lowest BCUT2D eigenvalue weighted by Crippen LogP contribution is -1.92. The molecule has 0 fully saturated rings. The van der Waals surface area contributed by atoms with Gasteiger partial charge in [-0.1, -0.05) is 42.2 Å². The molecule has 0 saturated heterocycles. The van der Waals surface area contributed by atoms with E-state index in [4.69, 9.17) is 0 Å². The summed E-state index contributed by atoms with van der Waals surface area (Å²) in [5.41, 5.74) is 2.65. The second kappa shape index (κ2) is 7.27. The van der Waals surface area contributed by atoms with Crippen LogP contribution in [0.2, 0.25) is 0 Å². The summed E-state index contributed by atoms with van der Waals surface area (Å²) in [6.07, 6.45) is 4.96. The van der Waals surface area contributed by atoms with Gasteiger partial charge >= 0.3 is 0 Å². The van der Waals surface area contributed by atoms with Gasteiger partial charge in [0.2, 0.25) is 0 Å². The zero-order valence-electron chi connectivity index (χ0n) is 13.6. The van der Waals surface area contributed by atoms with E-state index in [1.165, 1.54) is 11.6 Å². The van der Waals surface area contributed by atoms with Crippen LogP contribution in [0.3, 0.4) is 0 Å². The number of fused-ring (bicyclic) bond motifs is 1. The van der Waals surface area contributed by atoms with Gasteiger partial charge in [0.25, 0.3) is 0 Å². The Morgan fingerprint density at radius 2 is 1.52 bits per heavy atom. The van der Waals surface area contributed by atoms with Crippen molar-refractivity contribution in [3.8, 4) is 11.8 Å². The fraction of sp³-hybridized carbons (Fsp3) is 0.0909. The highest BCUT2D eigenvalue weighted by Gasteiger charge is 2.13. The van der Waals surface area contributed by atoms with Gasteiger partial charge in [0.15, 0.2) is 17.5 Å². The molecule has 0 spiro atoms. The number of benzene rings is 3. The monoisotopic (exact) mass is 336 g/mol. The average Bonchev–Trinajstić information content (AvgIpc) is 2.63. The molecule has 0 aliphatic heterocycles. The van der Waals surface area contributed by atoms with Gasteiger partial charge in [-0.2, -0.15) is 0 Å². The van der Waals surface area contributed by atoms with E-state index in [1.807, 2.05) is 37.3 Å². The molecule has 3 rings (SSSR count). The predicted molar refractivity (Wildman–Crippen MR) is 94.8 cm³/mol. The molecule has 0 amide bonds. The minimum absolute atomic E-state index is 0.0396. The molecule has 0 aliphatic rings. The summed E-state index contributed by atoms with van der Waals surface area (Å²) in [5, 5.41) is 0.322. The highest BCUT2D eigenvalue weighted by Crippen LogP contribution is 2.23.